The number of rotatable bonds is 4. The second-order valence-corrected chi connectivity index (χ2v) is 6.04. The molecule has 0 aliphatic carbocycles. The first-order valence-electron chi connectivity index (χ1n) is 6.99. The van der Waals surface area contributed by atoms with Gasteiger partial charge >= 0.3 is 0 Å². The van der Waals surface area contributed by atoms with Crippen LogP contribution in [-0.2, 0) is 11.2 Å². The number of benzene rings is 2. The fraction of sp³-hybridized carbons (Fsp3) is 0.118. The number of thioether (sulfide) groups is 1. The van der Waals surface area contributed by atoms with E-state index in [-0.39, 0.29) is 11.2 Å². The molecule has 0 bridgehead atoms. The second kappa shape index (κ2) is 7.04. The molecule has 3 rings (SSSR count). The topological polar surface area (TPSA) is 53.8 Å². The van der Waals surface area contributed by atoms with E-state index >= 15 is 0 Å². The average molecular weight is 309 g/mol. The maximum Gasteiger partial charge on any atom is 0.239 e. The van der Waals surface area contributed by atoms with E-state index in [4.69, 9.17) is 0 Å². The summed E-state index contributed by atoms with van der Waals surface area (Å²) in [6.07, 6.45) is 2.36. The fourth-order valence-electron chi connectivity index (χ4n) is 2.10. The van der Waals surface area contributed by atoms with E-state index in [9.17, 15) is 4.79 Å². The summed E-state index contributed by atoms with van der Waals surface area (Å²) in [5, 5.41) is 11.3. The molecule has 0 saturated carbocycles. The molecule has 1 aliphatic heterocycles. The number of amidine groups is 1. The molecule has 2 aromatic rings. The van der Waals surface area contributed by atoms with E-state index in [0.717, 1.165) is 11.1 Å². The molecule has 1 atom stereocenters. The summed E-state index contributed by atoms with van der Waals surface area (Å²) in [4.78, 5) is 12.0. The average Bonchev–Trinajstić information content (AvgIpc) is 2.89. The maximum atomic E-state index is 12.0. The summed E-state index contributed by atoms with van der Waals surface area (Å²) in [7, 11) is 0. The van der Waals surface area contributed by atoms with Crippen LogP contribution in [0.4, 0.5) is 0 Å². The van der Waals surface area contributed by atoms with E-state index in [1.54, 1.807) is 6.21 Å². The third kappa shape index (κ3) is 3.83. The Balaban J connectivity index is 1.62. The van der Waals surface area contributed by atoms with Crippen LogP contribution in [0.5, 0.6) is 0 Å². The Bertz CT molecular complexity index is 698. The quantitative estimate of drug-likeness (QED) is 0.697. The smallest absolute Gasteiger partial charge is 0.239 e. The van der Waals surface area contributed by atoms with Gasteiger partial charge in [0.15, 0.2) is 5.17 Å². The minimum atomic E-state index is -0.145. The lowest BCUT2D eigenvalue weighted by Gasteiger charge is -2.04. The SMILES string of the molecule is O=C1N/C(=N\N=C\c2ccccc2)SC1Cc1ccccc1. The molecule has 2 aromatic carbocycles. The molecule has 4 nitrogen and oxygen atoms in total. The molecule has 0 spiro atoms. The van der Waals surface area contributed by atoms with Gasteiger partial charge in [0.05, 0.1) is 11.5 Å². The zero-order valence-corrected chi connectivity index (χ0v) is 12.7. The molecule has 1 aliphatic rings. The van der Waals surface area contributed by atoms with Crippen molar-refractivity contribution in [2.75, 3.05) is 0 Å². The van der Waals surface area contributed by atoms with Crippen molar-refractivity contribution in [1.82, 2.24) is 5.32 Å². The molecule has 0 radical (unpaired) electrons. The zero-order valence-electron chi connectivity index (χ0n) is 11.8. The highest BCUT2D eigenvalue weighted by Crippen LogP contribution is 2.23. The number of carbonyl (C=O) groups excluding carboxylic acids is 1. The predicted molar refractivity (Wildman–Crippen MR) is 91.1 cm³/mol. The van der Waals surface area contributed by atoms with Gasteiger partial charge in [-0.1, -0.05) is 72.4 Å². The van der Waals surface area contributed by atoms with E-state index in [2.05, 4.69) is 15.5 Å². The summed E-state index contributed by atoms with van der Waals surface area (Å²) >= 11 is 1.42. The van der Waals surface area contributed by atoms with Crippen LogP contribution in [0, 0.1) is 0 Å². The fourth-order valence-corrected chi connectivity index (χ4v) is 3.07. The summed E-state index contributed by atoms with van der Waals surface area (Å²) in [5.41, 5.74) is 2.12. The van der Waals surface area contributed by atoms with Crippen LogP contribution in [0.1, 0.15) is 11.1 Å². The van der Waals surface area contributed by atoms with Gasteiger partial charge in [0.1, 0.15) is 0 Å². The van der Waals surface area contributed by atoms with Crippen LogP contribution >= 0.6 is 11.8 Å². The number of carbonyl (C=O) groups is 1. The Hall–Kier alpha value is -2.40. The molecule has 0 aromatic heterocycles. The van der Waals surface area contributed by atoms with Crippen molar-refractivity contribution >= 4 is 29.1 Å². The molecule has 110 valence electrons. The van der Waals surface area contributed by atoms with Gasteiger partial charge in [0.2, 0.25) is 5.91 Å². The number of nitrogens with zero attached hydrogens (tertiary/aromatic N) is 2. The predicted octanol–water partition coefficient (Wildman–Crippen LogP) is 2.85. The highest BCUT2D eigenvalue weighted by atomic mass is 32.2. The van der Waals surface area contributed by atoms with Crippen molar-refractivity contribution in [3.8, 4) is 0 Å². The van der Waals surface area contributed by atoms with E-state index in [1.165, 1.54) is 11.8 Å². The first kappa shape index (κ1) is 14.5. The summed E-state index contributed by atoms with van der Waals surface area (Å²) in [6, 6.07) is 19.7. The number of nitrogens with one attached hydrogen (secondary N) is 1. The Morgan fingerprint density at radius 1 is 1.05 bits per heavy atom. The van der Waals surface area contributed by atoms with Crippen molar-refractivity contribution in [3.05, 3.63) is 71.8 Å². The standard InChI is InChI=1S/C17H15N3OS/c21-16-15(11-13-7-3-1-4-8-13)22-17(19-16)20-18-12-14-9-5-2-6-10-14/h1-10,12,15H,11H2,(H,19,20,21)/b18-12+. The van der Waals surface area contributed by atoms with E-state index in [0.29, 0.717) is 11.6 Å². The number of amides is 1. The molecule has 1 unspecified atom stereocenters. The molecular weight excluding hydrogens is 294 g/mol. The Morgan fingerprint density at radius 3 is 2.45 bits per heavy atom. The molecule has 5 heteroatoms. The third-order valence-corrected chi connectivity index (χ3v) is 4.27. The molecule has 1 N–H and O–H groups in total. The summed E-state index contributed by atoms with van der Waals surface area (Å²) in [6.45, 7) is 0. The minimum Gasteiger partial charge on any atom is -0.303 e. The van der Waals surface area contributed by atoms with Gasteiger partial charge in [-0.15, -0.1) is 5.10 Å². The molecule has 1 heterocycles. The van der Waals surface area contributed by atoms with Crippen LogP contribution < -0.4 is 5.32 Å². The van der Waals surface area contributed by atoms with Crippen molar-refractivity contribution in [2.45, 2.75) is 11.7 Å². The Labute approximate surface area is 133 Å². The number of hydrogen-bond donors (Lipinski definition) is 1. The Morgan fingerprint density at radius 2 is 1.73 bits per heavy atom. The lowest BCUT2D eigenvalue weighted by molar-refractivity contribution is -0.118. The lowest BCUT2D eigenvalue weighted by atomic mass is 10.1. The largest absolute Gasteiger partial charge is 0.303 e. The van der Waals surface area contributed by atoms with Gasteiger partial charge in [-0.3, -0.25) is 4.79 Å². The van der Waals surface area contributed by atoms with Crippen LogP contribution in [0.25, 0.3) is 0 Å². The lowest BCUT2D eigenvalue weighted by Crippen LogP contribution is -2.25. The maximum absolute atomic E-state index is 12.0. The van der Waals surface area contributed by atoms with Crippen LogP contribution in [0.2, 0.25) is 0 Å². The molecule has 1 fully saturated rings. The molecule has 22 heavy (non-hydrogen) atoms. The highest BCUT2D eigenvalue weighted by molar-refractivity contribution is 8.15. The van der Waals surface area contributed by atoms with E-state index < -0.39 is 0 Å². The van der Waals surface area contributed by atoms with Gasteiger partial charge in [0, 0.05) is 0 Å². The van der Waals surface area contributed by atoms with Crippen molar-refractivity contribution in [1.29, 1.82) is 0 Å². The third-order valence-electron chi connectivity index (χ3n) is 3.20. The van der Waals surface area contributed by atoms with Crippen LogP contribution in [-0.4, -0.2) is 22.5 Å². The minimum absolute atomic E-state index is 0.0116. The normalized spacial score (nSPS) is 19.7. The molecule has 1 saturated heterocycles. The number of hydrogen-bond acceptors (Lipinski definition) is 4. The van der Waals surface area contributed by atoms with Gasteiger partial charge in [-0.05, 0) is 17.5 Å². The van der Waals surface area contributed by atoms with Gasteiger partial charge in [-0.25, -0.2) is 0 Å². The van der Waals surface area contributed by atoms with Crippen molar-refractivity contribution in [3.63, 3.8) is 0 Å². The summed E-state index contributed by atoms with van der Waals surface area (Å²) in [5.74, 6) is -0.0116. The van der Waals surface area contributed by atoms with E-state index in [1.807, 2.05) is 60.7 Å². The van der Waals surface area contributed by atoms with Gasteiger partial charge < -0.3 is 5.32 Å². The van der Waals surface area contributed by atoms with Crippen LogP contribution in [0.15, 0.2) is 70.9 Å². The molecule has 1 amide bonds. The van der Waals surface area contributed by atoms with Crippen molar-refractivity contribution in [2.24, 2.45) is 10.2 Å². The van der Waals surface area contributed by atoms with Gasteiger partial charge in [-0.2, -0.15) is 5.10 Å². The van der Waals surface area contributed by atoms with Crippen LogP contribution in [0.3, 0.4) is 0 Å². The first-order valence-corrected chi connectivity index (χ1v) is 7.87. The zero-order chi connectivity index (χ0) is 15.2. The highest BCUT2D eigenvalue weighted by Gasteiger charge is 2.30. The molecular formula is C17H15N3OS. The second-order valence-electron chi connectivity index (χ2n) is 4.85. The van der Waals surface area contributed by atoms with Gasteiger partial charge in [0.25, 0.3) is 0 Å². The first-order chi connectivity index (χ1) is 10.8. The Kier molecular flexibility index (Phi) is 4.65. The van der Waals surface area contributed by atoms with Crippen molar-refractivity contribution < 1.29 is 4.79 Å². The summed E-state index contributed by atoms with van der Waals surface area (Å²) < 4.78 is 0. The monoisotopic (exact) mass is 309 g/mol.